The van der Waals surface area contributed by atoms with Gasteiger partial charge in [0.25, 0.3) is 0 Å². The van der Waals surface area contributed by atoms with E-state index in [0.717, 1.165) is 5.75 Å². The zero-order valence-corrected chi connectivity index (χ0v) is 14.4. The minimum atomic E-state index is 0. The topological polar surface area (TPSA) is 12.5 Å². The number of benzene rings is 1. The predicted octanol–water partition coefficient (Wildman–Crippen LogP) is 4.26. The summed E-state index contributed by atoms with van der Waals surface area (Å²) < 4.78 is 5.47. The van der Waals surface area contributed by atoms with E-state index in [4.69, 9.17) is 4.74 Å². The van der Waals surface area contributed by atoms with E-state index >= 15 is 0 Å². The molecule has 2 nitrogen and oxygen atoms in total. The Balaban J connectivity index is 0.00000200. The van der Waals surface area contributed by atoms with Crippen molar-refractivity contribution in [3.63, 3.8) is 0 Å². The van der Waals surface area contributed by atoms with Crippen molar-refractivity contribution < 1.29 is 4.74 Å². The molecule has 0 saturated carbocycles. The van der Waals surface area contributed by atoms with E-state index in [9.17, 15) is 0 Å². The molecule has 114 valence electrons. The SMILES string of the molecule is CCCN(CCC)C1CSc2c(cccc2OC)C1.Cl. The number of thioether (sulfide) groups is 1. The average Bonchev–Trinajstić information content (AvgIpc) is 2.45. The lowest BCUT2D eigenvalue weighted by molar-refractivity contribution is 0.209. The van der Waals surface area contributed by atoms with Gasteiger partial charge < -0.3 is 4.74 Å². The summed E-state index contributed by atoms with van der Waals surface area (Å²) in [6.45, 7) is 6.99. The summed E-state index contributed by atoms with van der Waals surface area (Å²) in [7, 11) is 1.77. The Labute approximate surface area is 133 Å². The van der Waals surface area contributed by atoms with E-state index in [1.807, 2.05) is 11.8 Å². The lowest BCUT2D eigenvalue weighted by atomic mass is 10.0. The third-order valence-corrected chi connectivity index (χ3v) is 5.00. The Morgan fingerprint density at radius 1 is 1.25 bits per heavy atom. The molecule has 0 N–H and O–H groups in total. The molecular weight excluding hydrogens is 290 g/mol. The van der Waals surface area contributed by atoms with E-state index in [1.54, 1.807) is 7.11 Å². The Kier molecular flexibility index (Phi) is 7.78. The Morgan fingerprint density at radius 2 is 1.95 bits per heavy atom. The standard InChI is InChI=1S/C16H25NOS.ClH/c1-4-9-17(10-5-2)14-11-13-7-6-8-15(18-3)16(13)19-12-14;/h6-8,14H,4-5,9-12H2,1-3H3;1H. The van der Waals surface area contributed by atoms with Crippen LogP contribution in [-0.4, -0.2) is 36.9 Å². The first-order valence-electron chi connectivity index (χ1n) is 7.32. The van der Waals surface area contributed by atoms with Crippen LogP contribution in [0, 0.1) is 0 Å². The highest BCUT2D eigenvalue weighted by atomic mass is 35.5. The summed E-state index contributed by atoms with van der Waals surface area (Å²) in [5.74, 6) is 2.23. The van der Waals surface area contributed by atoms with Gasteiger partial charge in [-0.2, -0.15) is 0 Å². The van der Waals surface area contributed by atoms with Crippen LogP contribution in [0.25, 0.3) is 0 Å². The number of ether oxygens (including phenoxy) is 1. The average molecular weight is 316 g/mol. The third-order valence-electron chi connectivity index (χ3n) is 3.69. The van der Waals surface area contributed by atoms with Crippen LogP contribution in [0.5, 0.6) is 5.75 Å². The summed E-state index contributed by atoms with van der Waals surface area (Å²) in [6.07, 6.45) is 3.65. The van der Waals surface area contributed by atoms with Crippen molar-refractivity contribution in [2.45, 2.75) is 44.0 Å². The Hall–Kier alpha value is -0.380. The first kappa shape index (κ1) is 17.7. The smallest absolute Gasteiger partial charge is 0.132 e. The van der Waals surface area contributed by atoms with Gasteiger partial charge in [-0.05, 0) is 44.0 Å². The molecular formula is C16H26ClNOS. The van der Waals surface area contributed by atoms with Crippen molar-refractivity contribution >= 4 is 24.2 Å². The van der Waals surface area contributed by atoms with Gasteiger partial charge in [-0.25, -0.2) is 0 Å². The summed E-state index contributed by atoms with van der Waals surface area (Å²) in [6, 6.07) is 7.13. The molecule has 20 heavy (non-hydrogen) atoms. The lowest BCUT2D eigenvalue weighted by Crippen LogP contribution is -2.41. The van der Waals surface area contributed by atoms with Gasteiger partial charge in [-0.1, -0.05) is 26.0 Å². The lowest BCUT2D eigenvalue weighted by Gasteiger charge is -2.35. The van der Waals surface area contributed by atoms with Gasteiger partial charge in [-0.15, -0.1) is 24.2 Å². The van der Waals surface area contributed by atoms with Crippen LogP contribution in [0.4, 0.5) is 0 Å². The van der Waals surface area contributed by atoms with Gasteiger partial charge >= 0.3 is 0 Å². The maximum atomic E-state index is 5.47. The van der Waals surface area contributed by atoms with E-state index in [-0.39, 0.29) is 12.4 Å². The zero-order valence-electron chi connectivity index (χ0n) is 12.7. The molecule has 0 bridgehead atoms. The molecule has 1 aromatic carbocycles. The quantitative estimate of drug-likeness (QED) is 0.778. The van der Waals surface area contributed by atoms with E-state index in [0.29, 0.717) is 6.04 Å². The van der Waals surface area contributed by atoms with Crippen molar-refractivity contribution in [3.8, 4) is 5.75 Å². The van der Waals surface area contributed by atoms with Crippen molar-refractivity contribution in [2.75, 3.05) is 26.0 Å². The molecule has 0 aliphatic carbocycles. The minimum Gasteiger partial charge on any atom is -0.496 e. The molecule has 1 unspecified atom stereocenters. The van der Waals surface area contributed by atoms with E-state index < -0.39 is 0 Å². The van der Waals surface area contributed by atoms with Crippen LogP contribution in [0.1, 0.15) is 32.3 Å². The second kappa shape index (κ2) is 8.81. The maximum absolute atomic E-state index is 5.47. The second-order valence-electron chi connectivity index (χ2n) is 5.15. The summed E-state index contributed by atoms with van der Waals surface area (Å²) in [5, 5.41) is 0. The molecule has 0 aromatic heterocycles. The molecule has 2 rings (SSSR count). The van der Waals surface area contributed by atoms with Gasteiger partial charge in [0.2, 0.25) is 0 Å². The molecule has 0 saturated heterocycles. The third kappa shape index (κ3) is 4.06. The van der Waals surface area contributed by atoms with Crippen LogP contribution >= 0.6 is 24.2 Å². The number of methoxy groups -OCH3 is 1. The number of nitrogens with zero attached hydrogens (tertiary/aromatic N) is 1. The monoisotopic (exact) mass is 315 g/mol. The minimum absolute atomic E-state index is 0. The van der Waals surface area contributed by atoms with Gasteiger partial charge in [0.05, 0.1) is 12.0 Å². The highest BCUT2D eigenvalue weighted by molar-refractivity contribution is 7.99. The largest absolute Gasteiger partial charge is 0.496 e. The van der Waals surface area contributed by atoms with Gasteiger partial charge in [0.15, 0.2) is 0 Å². The normalized spacial score (nSPS) is 17.5. The highest BCUT2D eigenvalue weighted by Crippen LogP contribution is 2.38. The first-order chi connectivity index (χ1) is 9.30. The van der Waals surface area contributed by atoms with Crippen molar-refractivity contribution in [2.24, 2.45) is 0 Å². The van der Waals surface area contributed by atoms with E-state index in [2.05, 4.69) is 36.9 Å². The fourth-order valence-electron chi connectivity index (χ4n) is 2.82. The number of fused-ring (bicyclic) bond motifs is 1. The van der Waals surface area contributed by atoms with Gasteiger partial charge in [-0.3, -0.25) is 4.90 Å². The second-order valence-corrected chi connectivity index (χ2v) is 6.18. The predicted molar refractivity (Wildman–Crippen MR) is 90.6 cm³/mol. The molecule has 1 aromatic rings. The molecule has 1 atom stereocenters. The summed E-state index contributed by atoms with van der Waals surface area (Å²) in [4.78, 5) is 4.02. The molecule has 1 heterocycles. The van der Waals surface area contributed by atoms with Crippen LogP contribution in [0.2, 0.25) is 0 Å². The highest BCUT2D eigenvalue weighted by Gasteiger charge is 2.25. The van der Waals surface area contributed by atoms with Crippen LogP contribution in [-0.2, 0) is 6.42 Å². The van der Waals surface area contributed by atoms with Crippen LogP contribution in [0.15, 0.2) is 23.1 Å². The fourth-order valence-corrected chi connectivity index (χ4v) is 4.14. The molecule has 1 aliphatic rings. The number of rotatable bonds is 6. The molecule has 0 fully saturated rings. The Morgan fingerprint density at radius 3 is 2.55 bits per heavy atom. The molecule has 0 spiro atoms. The molecule has 0 radical (unpaired) electrons. The maximum Gasteiger partial charge on any atom is 0.132 e. The summed E-state index contributed by atoms with van der Waals surface area (Å²) in [5.41, 5.74) is 1.46. The number of hydrogen-bond donors (Lipinski definition) is 0. The zero-order chi connectivity index (χ0) is 13.7. The first-order valence-corrected chi connectivity index (χ1v) is 8.31. The van der Waals surface area contributed by atoms with Crippen molar-refractivity contribution in [1.82, 2.24) is 4.90 Å². The van der Waals surface area contributed by atoms with Gasteiger partial charge in [0, 0.05) is 11.8 Å². The number of halogens is 1. The molecule has 1 aliphatic heterocycles. The van der Waals surface area contributed by atoms with Gasteiger partial charge in [0.1, 0.15) is 5.75 Å². The number of hydrogen-bond acceptors (Lipinski definition) is 3. The van der Waals surface area contributed by atoms with E-state index in [1.165, 1.54) is 48.6 Å². The van der Waals surface area contributed by atoms with Crippen LogP contribution < -0.4 is 4.74 Å². The fraction of sp³-hybridized carbons (Fsp3) is 0.625. The molecule has 4 heteroatoms. The van der Waals surface area contributed by atoms with Crippen molar-refractivity contribution in [1.29, 1.82) is 0 Å². The van der Waals surface area contributed by atoms with Crippen LogP contribution in [0.3, 0.4) is 0 Å². The Bertz CT molecular complexity index is 407. The summed E-state index contributed by atoms with van der Waals surface area (Å²) >= 11 is 1.96. The van der Waals surface area contributed by atoms with Crippen molar-refractivity contribution in [3.05, 3.63) is 23.8 Å². The molecule has 0 amide bonds.